The quantitative estimate of drug-likeness (QED) is 0.776. The Morgan fingerprint density at radius 3 is 2.80 bits per heavy atom. The highest BCUT2D eigenvalue weighted by Crippen LogP contribution is 2.26. The third kappa shape index (κ3) is 4.70. The van der Waals surface area contributed by atoms with Crippen molar-refractivity contribution < 1.29 is 9.53 Å². The number of nitrogens with zero attached hydrogens (tertiary/aromatic N) is 2. The van der Waals surface area contributed by atoms with Gasteiger partial charge in [-0.3, -0.25) is 4.90 Å². The molecule has 3 rings (SSSR count). The summed E-state index contributed by atoms with van der Waals surface area (Å²) in [6.45, 7) is 3.20. The molecular weight excluding hydrogens is 356 g/mol. The number of cyclic esters (lactones) is 1. The molecule has 0 spiro atoms. The van der Waals surface area contributed by atoms with Gasteiger partial charge in [0.15, 0.2) is 5.11 Å². The fraction of sp³-hybridized carbons (Fsp3) is 0.529. The lowest BCUT2D eigenvalue weighted by Gasteiger charge is -2.23. The zero-order valence-electron chi connectivity index (χ0n) is 14.4. The highest BCUT2D eigenvalue weighted by molar-refractivity contribution is 7.99. The molecule has 0 aromatic heterocycles. The molecule has 8 heteroatoms. The van der Waals surface area contributed by atoms with E-state index >= 15 is 0 Å². The smallest absolute Gasteiger partial charge is 0.414 e. The maximum absolute atomic E-state index is 12.1. The Morgan fingerprint density at radius 2 is 2.04 bits per heavy atom. The summed E-state index contributed by atoms with van der Waals surface area (Å²) in [4.78, 5) is 16.2. The second-order valence-electron chi connectivity index (χ2n) is 6.05. The highest BCUT2D eigenvalue weighted by Gasteiger charge is 2.32. The Morgan fingerprint density at radius 1 is 1.28 bits per heavy atom. The molecule has 25 heavy (non-hydrogen) atoms. The monoisotopic (exact) mass is 380 g/mol. The van der Waals surface area contributed by atoms with Crippen LogP contribution in [-0.2, 0) is 4.74 Å². The molecule has 0 bridgehead atoms. The number of carbonyl (C=O) groups excluding carboxylic acids is 1. The van der Waals surface area contributed by atoms with Gasteiger partial charge in [-0.2, -0.15) is 11.8 Å². The summed E-state index contributed by atoms with van der Waals surface area (Å²) in [6.07, 6.45) is 0.704. The third-order valence-electron chi connectivity index (χ3n) is 4.34. The van der Waals surface area contributed by atoms with E-state index in [4.69, 9.17) is 17.0 Å². The van der Waals surface area contributed by atoms with Crippen LogP contribution < -0.4 is 20.4 Å². The number of anilines is 2. The van der Waals surface area contributed by atoms with Crippen LogP contribution in [-0.4, -0.2) is 62.0 Å². The van der Waals surface area contributed by atoms with Crippen LogP contribution in [0.15, 0.2) is 24.3 Å². The lowest BCUT2D eigenvalue weighted by Crippen LogP contribution is -2.39. The average molecular weight is 381 g/mol. The standard InChI is InChI=1S/C17H24N4O2S2/c1-18-16(24)19-11-15-12-21(17(22)23-15)14-5-3-13(4-6-14)20-7-2-9-25-10-8-20/h3-6,15H,2,7-12H2,1H3,(H2,18,19,24). The Balaban J connectivity index is 1.60. The van der Waals surface area contributed by atoms with Gasteiger partial charge in [-0.05, 0) is 48.7 Å². The largest absolute Gasteiger partial charge is 0.442 e. The van der Waals surface area contributed by atoms with Gasteiger partial charge in [0.1, 0.15) is 6.10 Å². The summed E-state index contributed by atoms with van der Waals surface area (Å²) in [5, 5.41) is 6.43. The van der Waals surface area contributed by atoms with Crippen molar-refractivity contribution in [2.45, 2.75) is 12.5 Å². The molecule has 1 aromatic carbocycles. The van der Waals surface area contributed by atoms with Gasteiger partial charge in [0.05, 0.1) is 13.1 Å². The summed E-state index contributed by atoms with van der Waals surface area (Å²) in [5.74, 6) is 2.41. The highest BCUT2D eigenvalue weighted by atomic mass is 32.2. The Kier molecular flexibility index (Phi) is 6.25. The first-order chi connectivity index (χ1) is 12.2. The van der Waals surface area contributed by atoms with Gasteiger partial charge >= 0.3 is 6.09 Å². The molecule has 1 unspecified atom stereocenters. The molecule has 0 radical (unpaired) electrons. The number of carbonyl (C=O) groups is 1. The van der Waals surface area contributed by atoms with Crippen molar-refractivity contribution in [1.29, 1.82) is 0 Å². The molecule has 2 aliphatic rings. The first kappa shape index (κ1) is 18.1. The minimum absolute atomic E-state index is 0.207. The van der Waals surface area contributed by atoms with Crippen LogP contribution in [0.2, 0.25) is 0 Å². The van der Waals surface area contributed by atoms with Crippen LogP contribution in [0.3, 0.4) is 0 Å². The number of thioether (sulfide) groups is 1. The summed E-state index contributed by atoms with van der Waals surface area (Å²) in [6, 6.07) is 8.20. The second-order valence-corrected chi connectivity index (χ2v) is 7.68. The Bertz CT molecular complexity index is 603. The van der Waals surface area contributed by atoms with Gasteiger partial charge in [0.2, 0.25) is 0 Å². The summed E-state index contributed by atoms with van der Waals surface area (Å²) >= 11 is 7.06. The number of ether oxygens (including phenoxy) is 1. The first-order valence-corrected chi connectivity index (χ1v) is 10.1. The lowest BCUT2D eigenvalue weighted by atomic mass is 10.2. The fourth-order valence-electron chi connectivity index (χ4n) is 2.98. The van der Waals surface area contributed by atoms with E-state index in [0.717, 1.165) is 18.8 Å². The van der Waals surface area contributed by atoms with E-state index in [1.165, 1.54) is 23.6 Å². The SMILES string of the molecule is CNC(=S)NCC1CN(c2ccc(N3CCCSCC3)cc2)C(=O)O1. The van der Waals surface area contributed by atoms with E-state index < -0.39 is 0 Å². The molecule has 136 valence electrons. The van der Waals surface area contributed by atoms with Crippen molar-refractivity contribution in [3.05, 3.63) is 24.3 Å². The molecule has 2 aliphatic heterocycles. The molecule has 2 N–H and O–H groups in total. The maximum Gasteiger partial charge on any atom is 0.414 e. The number of amides is 1. The third-order valence-corrected chi connectivity index (χ3v) is 5.74. The maximum atomic E-state index is 12.1. The van der Waals surface area contributed by atoms with Crippen molar-refractivity contribution >= 4 is 46.6 Å². The van der Waals surface area contributed by atoms with Gasteiger partial charge in [-0.1, -0.05) is 0 Å². The van der Waals surface area contributed by atoms with Gasteiger partial charge in [0, 0.05) is 37.3 Å². The van der Waals surface area contributed by atoms with E-state index in [-0.39, 0.29) is 12.2 Å². The predicted octanol–water partition coefficient (Wildman–Crippen LogP) is 2.05. The molecule has 2 fully saturated rings. The van der Waals surface area contributed by atoms with Crippen LogP contribution >= 0.6 is 24.0 Å². The van der Waals surface area contributed by atoms with Gasteiger partial charge in [0.25, 0.3) is 0 Å². The number of rotatable bonds is 4. The van der Waals surface area contributed by atoms with E-state index in [9.17, 15) is 4.79 Å². The second kappa shape index (κ2) is 8.62. The number of nitrogens with one attached hydrogen (secondary N) is 2. The topological polar surface area (TPSA) is 56.8 Å². The van der Waals surface area contributed by atoms with E-state index in [1.807, 2.05) is 23.9 Å². The minimum atomic E-state index is -0.305. The van der Waals surface area contributed by atoms with E-state index in [2.05, 4.69) is 27.7 Å². The zero-order chi connectivity index (χ0) is 17.6. The Hall–Kier alpha value is -1.67. The van der Waals surface area contributed by atoms with Crippen LogP contribution in [0.1, 0.15) is 6.42 Å². The van der Waals surface area contributed by atoms with E-state index in [0.29, 0.717) is 18.2 Å². The first-order valence-electron chi connectivity index (χ1n) is 8.54. The fourth-order valence-corrected chi connectivity index (χ4v) is 3.95. The summed E-state index contributed by atoms with van der Waals surface area (Å²) in [7, 11) is 1.76. The Labute approximate surface area is 158 Å². The molecule has 1 atom stereocenters. The molecule has 1 aromatic rings. The van der Waals surface area contributed by atoms with Crippen molar-refractivity contribution in [1.82, 2.24) is 10.6 Å². The van der Waals surface area contributed by atoms with Gasteiger partial charge < -0.3 is 20.3 Å². The lowest BCUT2D eigenvalue weighted by molar-refractivity contribution is 0.143. The number of thiocarbonyl (C=S) groups is 1. The summed E-state index contributed by atoms with van der Waals surface area (Å²) in [5.41, 5.74) is 2.09. The molecule has 2 heterocycles. The van der Waals surface area contributed by atoms with Crippen molar-refractivity contribution in [2.75, 3.05) is 54.5 Å². The van der Waals surface area contributed by atoms with Crippen LogP contribution in [0.4, 0.5) is 16.2 Å². The van der Waals surface area contributed by atoms with E-state index in [1.54, 1.807) is 11.9 Å². The van der Waals surface area contributed by atoms with Crippen molar-refractivity contribution in [3.63, 3.8) is 0 Å². The molecule has 0 saturated carbocycles. The number of hydrogen-bond acceptors (Lipinski definition) is 5. The molecule has 6 nitrogen and oxygen atoms in total. The number of benzene rings is 1. The number of hydrogen-bond donors (Lipinski definition) is 2. The van der Waals surface area contributed by atoms with Gasteiger partial charge in [-0.25, -0.2) is 4.79 Å². The van der Waals surface area contributed by atoms with Crippen molar-refractivity contribution in [3.8, 4) is 0 Å². The normalized spacial score (nSPS) is 20.8. The minimum Gasteiger partial charge on any atom is -0.442 e. The molecule has 2 saturated heterocycles. The van der Waals surface area contributed by atoms with Crippen LogP contribution in [0.25, 0.3) is 0 Å². The zero-order valence-corrected chi connectivity index (χ0v) is 16.0. The van der Waals surface area contributed by atoms with Crippen molar-refractivity contribution in [2.24, 2.45) is 0 Å². The van der Waals surface area contributed by atoms with Crippen LogP contribution in [0, 0.1) is 0 Å². The van der Waals surface area contributed by atoms with Gasteiger partial charge in [-0.15, -0.1) is 0 Å². The van der Waals surface area contributed by atoms with Crippen LogP contribution in [0.5, 0.6) is 0 Å². The molecule has 1 amide bonds. The molecular formula is C17H24N4O2S2. The average Bonchev–Trinajstić information content (AvgIpc) is 2.84. The summed E-state index contributed by atoms with van der Waals surface area (Å²) < 4.78 is 5.41. The predicted molar refractivity (Wildman–Crippen MR) is 108 cm³/mol. The molecule has 0 aliphatic carbocycles.